The van der Waals surface area contributed by atoms with Gasteiger partial charge in [0.2, 0.25) is 0 Å². The van der Waals surface area contributed by atoms with Gasteiger partial charge in [-0.15, -0.1) is 6.58 Å². The molecule has 0 spiro atoms. The van der Waals surface area contributed by atoms with E-state index in [0.717, 1.165) is 30.6 Å². The van der Waals surface area contributed by atoms with Crippen LogP contribution in [0.5, 0.6) is 0 Å². The molecule has 0 radical (unpaired) electrons. The summed E-state index contributed by atoms with van der Waals surface area (Å²) in [7, 11) is 0. The number of hydrogen-bond acceptors (Lipinski definition) is 2. The van der Waals surface area contributed by atoms with E-state index in [1.165, 1.54) is 63.0 Å². The molecule has 0 aromatic rings. The highest BCUT2D eigenvalue weighted by molar-refractivity contribution is 6.26. The van der Waals surface area contributed by atoms with Crippen LogP contribution in [-0.2, 0) is 9.53 Å². The smallest absolute Gasteiger partial charge is 0.331 e. The summed E-state index contributed by atoms with van der Waals surface area (Å²) in [5, 5.41) is 0. The molecule has 2 aliphatic rings. The van der Waals surface area contributed by atoms with Crippen LogP contribution in [0.4, 0.5) is 0 Å². The largest absolute Gasteiger partial charge is 0.459 e. The van der Waals surface area contributed by atoms with E-state index in [0.29, 0.717) is 0 Å². The zero-order valence-electron chi connectivity index (χ0n) is 13.5. The fraction of sp³-hybridized carbons (Fsp3) is 0.737. The number of allylic oxidation sites excluding steroid dienone is 1. The van der Waals surface area contributed by atoms with E-state index in [-0.39, 0.29) is 12.1 Å². The van der Waals surface area contributed by atoms with Crippen molar-refractivity contribution in [1.82, 2.24) is 0 Å². The maximum Gasteiger partial charge on any atom is 0.331 e. The normalized spacial score (nSPS) is 32.8. The summed E-state index contributed by atoms with van der Waals surface area (Å²) in [4.78, 5) is 11.4. The number of carbonyl (C=O) groups is 1. The standard InChI is InChI=1S/C19H29ClO2/c1-2-3-4-15-5-7-16(8-6-15)17-9-11-18(12-10-17)22-19(21)13-14-20/h2,13-18H,1,3-12H2/b14-13+. The summed E-state index contributed by atoms with van der Waals surface area (Å²) in [6.07, 6.45) is 16.0. The predicted octanol–water partition coefficient (Wildman–Crippen LogP) is 5.61. The minimum atomic E-state index is -0.304. The molecule has 0 atom stereocenters. The van der Waals surface area contributed by atoms with E-state index in [1.807, 2.05) is 6.08 Å². The third-order valence-corrected chi connectivity index (χ3v) is 5.66. The molecular weight excluding hydrogens is 296 g/mol. The lowest BCUT2D eigenvalue weighted by molar-refractivity contribution is -0.145. The lowest BCUT2D eigenvalue weighted by atomic mass is 9.70. The molecule has 0 saturated heterocycles. The molecule has 0 unspecified atom stereocenters. The molecular formula is C19H29ClO2. The highest BCUT2D eigenvalue weighted by Crippen LogP contribution is 2.41. The molecule has 0 aromatic carbocycles. The maximum absolute atomic E-state index is 11.4. The first-order valence-electron chi connectivity index (χ1n) is 8.81. The quantitative estimate of drug-likeness (QED) is 0.360. The molecule has 2 aliphatic carbocycles. The molecule has 2 rings (SSSR count). The monoisotopic (exact) mass is 324 g/mol. The Bertz CT molecular complexity index is 375. The van der Waals surface area contributed by atoms with Crippen LogP contribution in [0.2, 0.25) is 0 Å². The Balaban J connectivity index is 1.67. The minimum absolute atomic E-state index is 0.0977. The number of ether oxygens (including phenoxy) is 1. The van der Waals surface area contributed by atoms with E-state index in [4.69, 9.17) is 16.3 Å². The number of esters is 1. The molecule has 0 amide bonds. The van der Waals surface area contributed by atoms with E-state index in [1.54, 1.807) is 0 Å². The summed E-state index contributed by atoms with van der Waals surface area (Å²) in [6, 6.07) is 0. The van der Waals surface area contributed by atoms with E-state index >= 15 is 0 Å². The Morgan fingerprint density at radius 3 is 2.18 bits per heavy atom. The van der Waals surface area contributed by atoms with Gasteiger partial charge in [0.15, 0.2) is 0 Å². The topological polar surface area (TPSA) is 26.3 Å². The van der Waals surface area contributed by atoms with Gasteiger partial charge in [-0.05, 0) is 69.1 Å². The van der Waals surface area contributed by atoms with Gasteiger partial charge in [0.25, 0.3) is 0 Å². The molecule has 124 valence electrons. The summed E-state index contributed by atoms with van der Waals surface area (Å²) in [6.45, 7) is 3.83. The zero-order valence-corrected chi connectivity index (χ0v) is 14.3. The number of rotatable bonds is 6. The van der Waals surface area contributed by atoms with Crippen molar-refractivity contribution in [2.75, 3.05) is 0 Å². The maximum atomic E-state index is 11.4. The summed E-state index contributed by atoms with van der Waals surface area (Å²) < 4.78 is 5.41. The van der Waals surface area contributed by atoms with Crippen molar-refractivity contribution in [1.29, 1.82) is 0 Å². The van der Waals surface area contributed by atoms with Crippen LogP contribution >= 0.6 is 11.6 Å². The predicted molar refractivity (Wildman–Crippen MR) is 91.7 cm³/mol. The second-order valence-corrected chi connectivity index (χ2v) is 7.17. The van der Waals surface area contributed by atoms with Gasteiger partial charge < -0.3 is 4.74 Å². The molecule has 0 aliphatic heterocycles. The number of carbonyl (C=O) groups excluding carboxylic acids is 1. The highest BCUT2D eigenvalue weighted by Gasteiger charge is 2.31. The first-order valence-corrected chi connectivity index (χ1v) is 9.24. The van der Waals surface area contributed by atoms with Crippen LogP contribution < -0.4 is 0 Å². The van der Waals surface area contributed by atoms with E-state index in [2.05, 4.69) is 6.58 Å². The van der Waals surface area contributed by atoms with Crippen LogP contribution in [0.25, 0.3) is 0 Å². The average Bonchev–Trinajstić information content (AvgIpc) is 2.54. The fourth-order valence-corrected chi connectivity index (χ4v) is 4.34. The Morgan fingerprint density at radius 2 is 1.64 bits per heavy atom. The highest BCUT2D eigenvalue weighted by atomic mass is 35.5. The van der Waals surface area contributed by atoms with Crippen molar-refractivity contribution in [3.63, 3.8) is 0 Å². The van der Waals surface area contributed by atoms with Crippen molar-refractivity contribution >= 4 is 17.6 Å². The summed E-state index contributed by atoms with van der Waals surface area (Å²) in [5.41, 5.74) is 1.22. The Hall–Kier alpha value is -0.760. The molecule has 0 N–H and O–H groups in total. The van der Waals surface area contributed by atoms with Gasteiger partial charge in [0.05, 0.1) is 0 Å². The van der Waals surface area contributed by atoms with Crippen molar-refractivity contribution in [3.8, 4) is 0 Å². The van der Waals surface area contributed by atoms with Crippen molar-refractivity contribution in [2.45, 2.75) is 70.3 Å². The Labute approximate surface area is 139 Å². The second-order valence-electron chi connectivity index (χ2n) is 6.91. The van der Waals surface area contributed by atoms with Gasteiger partial charge in [-0.25, -0.2) is 4.79 Å². The van der Waals surface area contributed by atoms with Gasteiger partial charge in [-0.1, -0.05) is 30.5 Å². The summed E-state index contributed by atoms with van der Waals surface area (Å²) in [5.74, 6) is 2.37. The third kappa shape index (κ3) is 5.46. The van der Waals surface area contributed by atoms with Gasteiger partial charge in [-0.3, -0.25) is 0 Å². The van der Waals surface area contributed by atoms with Crippen molar-refractivity contribution < 1.29 is 9.53 Å². The average molecular weight is 325 g/mol. The van der Waals surface area contributed by atoms with Crippen LogP contribution in [0.3, 0.4) is 0 Å². The fourth-order valence-electron chi connectivity index (χ4n) is 4.23. The summed E-state index contributed by atoms with van der Waals surface area (Å²) >= 11 is 5.40. The lowest BCUT2D eigenvalue weighted by Crippen LogP contribution is -2.29. The van der Waals surface area contributed by atoms with Crippen LogP contribution in [0, 0.1) is 17.8 Å². The van der Waals surface area contributed by atoms with Crippen molar-refractivity contribution in [3.05, 3.63) is 24.3 Å². The lowest BCUT2D eigenvalue weighted by Gasteiger charge is -2.37. The third-order valence-electron chi connectivity index (χ3n) is 5.54. The Kier molecular flexibility index (Phi) is 7.51. The minimum Gasteiger partial charge on any atom is -0.459 e. The van der Waals surface area contributed by atoms with Crippen molar-refractivity contribution in [2.24, 2.45) is 17.8 Å². The van der Waals surface area contributed by atoms with Gasteiger partial charge >= 0.3 is 5.97 Å². The second kappa shape index (κ2) is 9.39. The molecule has 0 heterocycles. The first-order chi connectivity index (χ1) is 10.7. The van der Waals surface area contributed by atoms with Crippen LogP contribution in [0.15, 0.2) is 24.3 Å². The molecule has 2 saturated carbocycles. The molecule has 2 nitrogen and oxygen atoms in total. The SMILES string of the molecule is C=CCCC1CCC(C2CCC(OC(=O)/C=C/Cl)CC2)CC1. The zero-order chi connectivity index (χ0) is 15.8. The number of hydrogen-bond donors (Lipinski definition) is 0. The van der Waals surface area contributed by atoms with E-state index < -0.39 is 0 Å². The van der Waals surface area contributed by atoms with Crippen LogP contribution in [0.1, 0.15) is 64.2 Å². The van der Waals surface area contributed by atoms with Crippen LogP contribution in [-0.4, -0.2) is 12.1 Å². The number of halogens is 1. The van der Waals surface area contributed by atoms with Gasteiger partial charge in [0, 0.05) is 11.6 Å². The van der Waals surface area contributed by atoms with Gasteiger partial charge in [-0.2, -0.15) is 0 Å². The van der Waals surface area contributed by atoms with E-state index in [9.17, 15) is 4.79 Å². The molecule has 22 heavy (non-hydrogen) atoms. The Morgan fingerprint density at radius 1 is 1.05 bits per heavy atom. The molecule has 3 heteroatoms. The van der Waals surface area contributed by atoms with Gasteiger partial charge in [0.1, 0.15) is 6.10 Å². The molecule has 2 fully saturated rings. The molecule has 0 aromatic heterocycles. The molecule has 0 bridgehead atoms. The first kappa shape index (κ1) is 17.6.